The maximum atomic E-state index is 12.7. The second-order valence-electron chi connectivity index (χ2n) is 6.20. The molecule has 3 aromatic rings. The number of aromatic nitrogens is 5. The van der Waals surface area contributed by atoms with Gasteiger partial charge in [-0.25, -0.2) is 9.48 Å². The highest BCUT2D eigenvalue weighted by Gasteiger charge is 2.22. The van der Waals surface area contributed by atoms with Crippen LogP contribution >= 0.6 is 0 Å². The van der Waals surface area contributed by atoms with E-state index < -0.39 is 0 Å². The van der Waals surface area contributed by atoms with Crippen LogP contribution in [0.5, 0.6) is 0 Å². The van der Waals surface area contributed by atoms with Gasteiger partial charge in [-0.2, -0.15) is 5.10 Å². The van der Waals surface area contributed by atoms with Gasteiger partial charge in [0, 0.05) is 38.4 Å². The van der Waals surface area contributed by atoms with Crippen LogP contribution in [-0.4, -0.2) is 36.3 Å². The predicted octanol–water partition coefficient (Wildman–Crippen LogP) is 0.660. The third kappa shape index (κ3) is 2.79. The number of carbonyl (C=O) groups is 1. The summed E-state index contributed by atoms with van der Waals surface area (Å²) in [5.74, 6) is 0.615. The summed E-state index contributed by atoms with van der Waals surface area (Å²) in [6, 6.07) is 5.38. The summed E-state index contributed by atoms with van der Waals surface area (Å²) < 4.78 is 3.05. The van der Waals surface area contributed by atoms with Crippen molar-refractivity contribution >= 4 is 16.9 Å². The first-order valence-electron chi connectivity index (χ1n) is 8.27. The zero-order valence-corrected chi connectivity index (χ0v) is 13.8. The highest BCUT2D eigenvalue weighted by atomic mass is 16.2. The van der Waals surface area contributed by atoms with Crippen molar-refractivity contribution in [1.29, 1.82) is 0 Å². The minimum absolute atomic E-state index is 0.00849. The Hall–Kier alpha value is -3.03. The van der Waals surface area contributed by atoms with E-state index in [9.17, 15) is 9.59 Å². The monoisotopic (exact) mass is 338 g/mol. The summed E-state index contributed by atoms with van der Waals surface area (Å²) in [5, 5.41) is 7.33. The Bertz CT molecular complexity index is 1000. The third-order valence-corrected chi connectivity index (χ3v) is 4.58. The van der Waals surface area contributed by atoms with Gasteiger partial charge in [0.15, 0.2) is 0 Å². The van der Waals surface area contributed by atoms with Crippen LogP contribution < -0.4 is 11.0 Å². The summed E-state index contributed by atoms with van der Waals surface area (Å²) in [4.78, 5) is 33.2. The molecule has 1 amide bonds. The van der Waals surface area contributed by atoms with E-state index in [2.05, 4.69) is 20.4 Å². The first kappa shape index (κ1) is 15.5. The molecule has 1 aliphatic heterocycles. The molecule has 0 saturated heterocycles. The van der Waals surface area contributed by atoms with E-state index in [0.717, 1.165) is 12.2 Å². The maximum Gasteiger partial charge on any atom is 0.345 e. The Labute approximate surface area is 143 Å². The van der Waals surface area contributed by atoms with Crippen LogP contribution in [-0.2, 0) is 20.0 Å². The van der Waals surface area contributed by atoms with Gasteiger partial charge in [-0.3, -0.25) is 19.3 Å². The van der Waals surface area contributed by atoms with Crippen molar-refractivity contribution in [1.82, 2.24) is 29.6 Å². The lowest BCUT2D eigenvalue weighted by molar-refractivity contribution is 0.0934. The summed E-state index contributed by atoms with van der Waals surface area (Å²) in [6.07, 6.45) is 5.30. The Balaban J connectivity index is 1.53. The minimum Gasteiger partial charge on any atom is -0.349 e. The first-order valence-corrected chi connectivity index (χ1v) is 8.27. The third-order valence-electron chi connectivity index (χ3n) is 4.58. The predicted molar refractivity (Wildman–Crippen MR) is 91.2 cm³/mol. The summed E-state index contributed by atoms with van der Waals surface area (Å²) in [7, 11) is 1.66. The molecule has 8 heteroatoms. The second kappa shape index (κ2) is 6.12. The quantitative estimate of drug-likeness (QED) is 0.741. The van der Waals surface area contributed by atoms with Crippen LogP contribution in [0.3, 0.4) is 0 Å². The van der Waals surface area contributed by atoms with Gasteiger partial charge in [0.1, 0.15) is 11.3 Å². The van der Waals surface area contributed by atoms with Crippen molar-refractivity contribution in [3.63, 3.8) is 0 Å². The van der Waals surface area contributed by atoms with Gasteiger partial charge < -0.3 is 5.32 Å². The smallest absolute Gasteiger partial charge is 0.345 e. The number of carbonyl (C=O) groups excluding carboxylic acids is 1. The van der Waals surface area contributed by atoms with E-state index in [4.69, 9.17) is 0 Å². The van der Waals surface area contributed by atoms with Gasteiger partial charge in [0.25, 0.3) is 5.91 Å². The molecule has 1 aromatic carbocycles. The summed E-state index contributed by atoms with van der Waals surface area (Å²) in [5.41, 5.74) is 1.70. The standard InChI is InChI=1S/C17H18N6O2/c1-22-17(25)23-10-7-11(5-6-14(23)21-22)20-16(24)12-3-2-4-13-15(12)19-9-8-18-13/h2-4,8-9,11H,5-7,10H2,1H3,(H,20,24). The lowest BCUT2D eigenvalue weighted by Gasteiger charge is -2.16. The number of nitrogens with one attached hydrogen (secondary N) is 1. The molecular weight excluding hydrogens is 320 g/mol. The lowest BCUT2D eigenvalue weighted by atomic mass is 10.1. The Morgan fingerprint density at radius 1 is 1.24 bits per heavy atom. The van der Waals surface area contributed by atoms with Gasteiger partial charge in [0.05, 0.1) is 11.1 Å². The molecule has 128 valence electrons. The van der Waals surface area contributed by atoms with Gasteiger partial charge >= 0.3 is 5.69 Å². The number of nitrogens with zero attached hydrogens (tertiary/aromatic N) is 5. The van der Waals surface area contributed by atoms with Crippen LogP contribution in [0.15, 0.2) is 35.4 Å². The largest absolute Gasteiger partial charge is 0.349 e. The molecule has 25 heavy (non-hydrogen) atoms. The molecular formula is C17H18N6O2. The Morgan fingerprint density at radius 2 is 2.08 bits per heavy atom. The van der Waals surface area contributed by atoms with E-state index in [1.54, 1.807) is 36.1 Å². The molecule has 1 unspecified atom stereocenters. The molecule has 0 aliphatic carbocycles. The van der Waals surface area contributed by atoms with E-state index in [-0.39, 0.29) is 17.6 Å². The molecule has 1 aliphatic rings. The zero-order chi connectivity index (χ0) is 17.4. The van der Waals surface area contributed by atoms with Gasteiger partial charge in [-0.1, -0.05) is 6.07 Å². The average molecular weight is 338 g/mol. The van der Waals surface area contributed by atoms with Crippen LogP contribution in [0.25, 0.3) is 11.0 Å². The fourth-order valence-corrected chi connectivity index (χ4v) is 3.28. The average Bonchev–Trinajstić information content (AvgIpc) is 2.78. The number of fused-ring (bicyclic) bond motifs is 2. The molecule has 2 aromatic heterocycles. The number of aryl methyl sites for hydroxylation is 2. The number of hydrogen-bond donors (Lipinski definition) is 1. The number of para-hydroxylation sites is 1. The van der Waals surface area contributed by atoms with Crippen LogP contribution in [0.1, 0.15) is 29.0 Å². The van der Waals surface area contributed by atoms with Crippen LogP contribution in [0, 0.1) is 0 Å². The maximum absolute atomic E-state index is 12.7. The second-order valence-corrected chi connectivity index (χ2v) is 6.20. The zero-order valence-electron chi connectivity index (χ0n) is 13.8. The number of amides is 1. The molecule has 1 atom stereocenters. The van der Waals surface area contributed by atoms with Crippen molar-refractivity contribution < 1.29 is 4.79 Å². The SMILES string of the molecule is Cn1nc2n(c1=O)CCC(NC(=O)c1cccc3nccnc13)CC2. The molecule has 4 rings (SSSR count). The number of benzene rings is 1. The minimum atomic E-state index is -0.163. The van der Waals surface area contributed by atoms with Crippen molar-refractivity contribution in [2.45, 2.75) is 31.8 Å². The van der Waals surface area contributed by atoms with Gasteiger partial charge in [-0.05, 0) is 25.0 Å². The molecule has 8 nitrogen and oxygen atoms in total. The van der Waals surface area contributed by atoms with E-state index in [0.29, 0.717) is 36.0 Å². The fourth-order valence-electron chi connectivity index (χ4n) is 3.28. The topological polar surface area (TPSA) is 94.7 Å². The molecule has 0 saturated carbocycles. The van der Waals surface area contributed by atoms with Crippen LogP contribution in [0.4, 0.5) is 0 Å². The van der Waals surface area contributed by atoms with Crippen molar-refractivity contribution in [3.8, 4) is 0 Å². The lowest BCUT2D eigenvalue weighted by Crippen LogP contribution is -2.36. The van der Waals surface area contributed by atoms with Crippen molar-refractivity contribution in [2.75, 3.05) is 0 Å². The Kier molecular flexibility index (Phi) is 3.79. The summed E-state index contributed by atoms with van der Waals surface area (Å²) >= 11 is 0. The van der Waals surface area contributed by atoms with Crippen LogP contribution in [0.2, 0.25) is 0 Å². The van der Waals surface area contributed by atoms with Crippen molar-refractivity contribution in [2.24, 2.45) is 7.05 Å². The molecule has 0 radical (unpaired) electrons. The van der Waals surface area contributed by atoms with E-state index >= 15 is 0 Å². The highest BCUT2D eigenvalue weighted by molar-refractivity contribution is 6.04. The van der Waals surface area contributed by atoms with E-state index in [1.807, 2.05) is 6.07 Å². The normalized spacial score (nSPS) is 17.1. The molecule has 3 heterocycles. The molecule has 0 bridgehead atoms. The van der Waals surface area contributed by atoms with Gasteiger partial charge in [-0.15, -0.1) is 0 Å². The molecule has 0 fully saturated rings. The molecule has 1 N–H and O–H groups in total. The number of rotatable bonds is 2. The summed E-state index contributed by atoms with van der Waals surface area (Å²) in [6.45, 7) is 0.558. The van der Waals surface area contributed by atoms with Crippen molar-refractivity contribution in [3.05, 3.63) is 52.5 Å². The Morgan fingerprint density at radius 3 is 2.96 bits per heavy atom. The van der Waals surface area contributed by atoms with Gasteiger partial charge in [0.2, 0.25) is 0 Å². The van der Waals surface area contributed by atoms with E-state index in [1.165, 1.54) is 4.68 Å². The first-order chi connectivity index (χ1) is 12.1. The fraction of sp³-hybridized carbons (Fsp3) is 0.353. The molecule has 0 spiro atoms. The highest BCUT2D eigenvalue weighted by Crippen LogP contribution is 2.16. The number of hydrogen-bond acceptors (Lipinski definition) is 5.